The van der Waals surface area contributed by atoms with Gasteiger partial charge in [-0.2, -0.15) is 0 Å². The normalized spacial score (nSPS) is 10.9. The molecule has 0 radical (unpaired) electrons. The number of halogens is 2. The number of nitrogens with zero attached hydrogens (tertiary/aromatic N) is 3. The Labute approximate surface area is 113 Å². The smallest absolute Gasteiger partial charge is 0.139 e. The van der Waals surface area contributed by atoms with E-state index in [0.29, 0.717) is 16.7 Å². The number of nitrogens with one attached hydrogen (secondary N) is 1. The summed E-state index contributed by atoms with van der Waals surface area (Å²) < 4.78 is 15.6. The molecule has 1 heterocycles. The van der Waals surface area contributed by atoms with Crippen molar-refractivity contribution in [1.29, 1.82) is 0 Å². The van der Waals surface area contributed by atoms with Crippen molar-refractivity contribution in [1.82, 2.24) is 20.3 Å². The van der Waals surface area contributed by atoms with Crippen molar-refractivity contribution in [3.05, 3.63) is 39.9 Å². The number of hydrogen-bond donors (Lipinski definition) is 1. The van der Waals surface area contributed by atoms with Gasteiger partial charge in [0.15, 0.2) is 0 Å². The minimum absolute atomic E-state index is 0.306. The number of benzene rings is 1. The predicted octanol–water partition coefficient (Wildman–Crippen LogP) is 2.59. The van der Waals surface area contributed by atoms with Gasteiger partial charge in [0, 0.05) is 12.6 Å². The average molecular weight is 313 g/mol. The van der Waals surface area contributed by atoms with Crippen LogP contribution in [-0.2, 0) is 6.54 Å². The van der Waals surface area contributed by atoms with Gasteiger partial charge in [0.1, 0.15) is 5.82 Å². The first kappa shape index (κ1) is 13.2. The molecule has 1 aromatic heterocycles. The Kier molecular flexibility index (Phi) is 4.08. The van der Waals surface area contributed by atoms with Crippen LogP contribution in [0.5, 0.6) is 0 Å². The van der Waals surface area contributed by atoms with Gasteiger partial charge >= 0.3 is 0 Å². The first-order valence-corrected chi connectivity index (χ1v) is 6.49. The molecule has 6 heteroatoms. The van der Waals surface area contributed by atoms with Gasteiger partial charge in [0.05, 0.1) is 22.1 Å². The quantitative estimate of drug-likeness (QED) is 0.943. The Morgan fingerprint density at radius 3 is 2.94 bits per heavy atom. The second kappa shape index (κ2) is 5.58. The molecule has 0 bridgehead atoms. The highest BCUT2D eigenvalue weighted by atomic mass is 79.9. The van der Waals surface area contributed by atoms with E-state index in [1.54, 1.807) is 16.9 Å². The van der Waals surface area contributed by atoms with Gasteiger partial charge in [-0.3, -0.25) is 0 Å². The Morgan fingerprint density at radius 2 is 2.22 bits per heavy atom. The van der Waals surface area contributed by atoms with E-state index in [1.807, 2.05) is 13.8 Å². The van der Waals surface area contributed by atoms with Crippen molar-refractivity contribution < 1.29 is 4.39 Å². The summed E-state index contributed by atoms with van der Waals surface area (Å²) in [4.78, 5) is 0. The standard InChI is InChI=1S/C12H14BrFN4/c1-3-15-6-9-7-18(17-16-9)12-5-11(14)10(13)4-8(12)2/h4-5,7,15H,3,6H2,1-2H3. The third-order valence-electron chi connectivity index (χ3n) is 2.58. The predicted molar refractivity (Wildman–Crippen MR) is 71.1 cm³/mol. The van der Waals surface area contributed by atoms with Crippen molar-refractivity contribution in [3.63, 3.8) is 0 Å². The van der Waals surface area contributed by atoms with Crippen molar-refractivity contribution in [3.8, 4) is 5.69 Å². The Balaban J connectivity index is 2.31. The summed E-state index contributed by atoms with van der Waals surface area (Å²) in [6.07, 6.45) is 1.80. The molecule has 0 unspecified atom stereocenters. The molecule has 0 aliphatic rings. The Morgan fingerprint density at radius 1 is 1.44 bits per heavy atom. The molecule has 2 aromatic rings. The van der Waals surface area contributed by atoms with E-state index >= 15 is 0 Å². The summed E-state index contributed by atoms with van der Waals surface area (Å²) in [6, 6.07) is 3.18. The van der Waals surface area contributed by atoms with Crippen LogP contribution < -0.4 is 5.32 Å². The minimum Gasteiger partial charge on any atom is -0.311 e. The van der Waals surface area contributed by atoms with Gasteiger partial charge in [-0.25, -0.2) is 9.07 Å². The SMILES string of the molecule is CCNCc1cn(-c2cc(F)c(Br)cc2C)nn1. The molecule has 0 aliphatic carbocycles. The molecule has 0 saturated heterocycles. The topological polar surface area (TPSA) is 42.7 Å². The molecule has 4 nitrogen and oxygen atoms in total. The van der Waals surface area contributed by atoms with E-state index in [1.165, 1.54) is 6.07 Å². The highest BCUT2D eigenvalue weighted by Crippen LogP contribution is 2.22. The zero-order valence-corrected chi connectivity index (χ0v) is 11.8. The lowest BCUT2D eigenvalue weighted by molar-refractivity contribution is 0.617. The molecular formula is C12H14BrFN4. The fraction of sp³-hybridized carbons (Fsp3) is 0.333. The summed E-state index contributed by atoms with van der Waals surface area (Å²) in [7, 11) is 0. The van der Waals surface area contributed by atoms with E-state index in [2.05, 4.69) is 31.6 Å². The molecule has 2 rings (SSSR count). The van der Waals surface area contributed by atoms with Crippen LogP contribution in [0.3, 0.4) is 0 Å². The summed E-state index contributed by atoms with van der Waals surface area (Å²) in [6.45, 7) is 5.47. The molecule has 0 fully saturated rings. The van der Waals surface area contributed by atoms with Crippen LogP contribution >= 0.6 is 15.9 Å². The lowest BCUT2D eigenvalue weighted by Gasteiger charge is -2.06. The van der Waals surface area contributed by atoms with Crippen LogP contribution in [0.4, 0.5) is 4.39 Å². The molecule has 96 valence electrons. The first-order chi connectivity index (χ1) is 8.61. The minimum atomic E-state index is -0.306. The molecule has 0 aliphatic heterocycles. The molecular weight excluding hydrogens is 299 g/mol. The van der Waals surface area contributed by atoms with E-state index in [0.717, 1.165) is 17.8 Å². The van der Waals surface area contributed by atoms with E-state index in [-0.39, 0.29) is 5.82 Å². The monoisotopic (exact) mass is 312 g/mol. The van der Waals surface area contributed by atoms with Gasteiger partial charge in [-0.05, 0) is 41.0 Å². The number of rotatable bonds is 4. The summed E-state index contributed by atoms with van der Waals surface area (Å²) in [5.74, 6) is -0.306. The average Bonchev–Trinajstić information content (AvgIpc) is 2.79. The van der Waals surface area contributed by atoms with Gasteiger partial charge < -0.3 is 5.32 Å². The molecule has 0 amide bonds. The van der Waals surface area contributed by atoms with Crippen molar-refractivity contribution >= 4 is 15.9 Å². The van der Waals surface area contributed by atoms with Crippen LogP contribution in [0.15, 0.2) is 22.8 Å². The van der Waals surface area contributed by atoms with Gasteiger partial charge in [0.2, 0.25) is 0 Å². The Hall–Kier alpha value is -1.27. The molecule has 18 heavy (non-hydrogen) atoms. The third kappa shape index (κ3) is 2.76. The summed E-state index contributed by atoms with van der Waals surface area (Å²) in [5.41, 5.74) is 2.47. The second-order valence-electron chi connectivity index (χ2n) is 3.99. The van der Waals surface area contributed by atoms with E-state index < -0.39 is 0 Å². The zero-order valence-electron chi connectivity index (χ0n) is 10.2. The lowest BCUT2D eigenvalue weighted by atomic mass is 10.2. The van der Waals surface area contributed by atoms with Crippen LogP contribution in [0.1, 0.15) is 18.2 Å². The number of hydrogen-bond acceptors (Lipinski definition) is 3. The molecule has 0 spiro atoms. The maximum atomic E-state index is 13.5. The van der Waals surface area contributed by atoms with Crippen LogP contribution in [0.25, 0.3) is 5.69 Å². The highest BCUT2D eigenvalue weighted by molar-refractivity contribution is 9.10. The Bertz CT molecular complexity index is 553. The molecule has 0 saturated carbocycles. The largest absolute Gasteiger partial charge is 0.311 e. The second-order valence-corrected chi connectivity index (χ2v) is 4.84. The zero-order chi connectivity index (χ0) is 13.1. The van der Waals surface area contributed by atoms with Gasteiger partial charge in [-0.1, -0.05) is 12.1 Å². The highest BCUT2D eigenvalue weighted by Gasteiger charge is 2.09. The fourth-order valence-electron chi connectivity index (χ4n) is 1.63. The van der Waals surface area contributed by atoms with Crippen molar-refractivity contribution in [2.24, 2.45) is 0 Å². The molecule has 1 N–H and O–H groups in total. The van der Waals surface area contributed by atoms with Crippen LogP contribution in [0, 0.1) is 12.7 Å². The van der Waals surface area contributed by atoms with E-state index in [9.17, 15) is 4.39 Å². The van der Waals surface area contributed by atoms with E-state index in [4.69, 9.17) is 0 Å². The summed E-state index contributed by atoms with van der Waals surface area (Å²) in [5, 5.41) is 11.2. The number of aromatic nitrogens is 3. The third-order valence-corrected chi connectivity index (χ3v) is 3.19. The summed E-state index contributed by atoms with van der Waals surface area (Å²) >= 11 is 3.16. The fourth-order valence-corrected chi connectivity index (χ4v) is 2.09. The van der Waals surface area contributed by atoms with Crippen LogP contribution in [0.2, 0.25) is 0 Å². The van der Waals surface area contributed by atoms with Gasteiger partial charge in [0.25, 0.3) is 0 Å². The van der Waals surface area contributed by atoms with Crippen molar-refractivity contribution in [2.75, 3.05) is 6.54 Å². The lowest BCUT2D eigenvalue weighted by Crippen LogP contribution is -2.11. The number of aryl methyl sites for hydroxylation is 1. The first-order valence-electron chi connectivity index (χ1n) is 5.69. The maximum absolute atomic E-state index is 13.5. The maximum Gasteiger partial charge on any atom is 0.139 e. The molecule has 0 atom stereocenters. The van der Waals surface area contributed by atoms with Gasteiger partial charge in [-0.15, -0.1) is 5.10 Å². The molecule has 1 aromatic carbocycles. The van der Waals surface area contributed by atoms with Crippen LogP contribution in [-0.4, -0.2) is 21.5 Å². The van der Waals surface area contributed by atoms with Crippen molar-refractivity contribution in [2.45, 2.75) is 20.4 Å².